The molecule has 3 aromatic rings. The van der Waals surface area contributed by atoms with Crippen molar-refractivity contribution < 1.29 is 19.1 Å². The molecule has 0 atom stereocenters. The second-order valence-electron chi connectivity index (χ2n) is 8.60. The molecule has 1 saturated heterocycles. The minimum absolute atomic E-state index is 0.00326. The summed E-state index contributed by atoms with van der Waals surface area (Å²) in [7, 11) is 0. The second kappa shape index (κ2) is 10.3. The average Bonchev–Trinajstić information content (AvgIpc) is 3.13. The van der Waals surface area contributed by atoms with Crippen LogP contribution in [0.3, 0.4) is 0 Å². The van der Waals surface area contributed by atoms with Crippen LogP contribution < -0.4 is 15.0 Å². The van der Waals surface area contributed by atoms with E-state index < -0.39 is 11.8 Å². The number of imide groups is 1. The first-order valence-electron chi connectivity index (χ1n) is 11.8. The van der Waals surface area contributed by atoms with Crippen LogP contribution in [0.2, 0.25) is 0 Å². The van der Waals surface area contributed by atoms with Gasteiger partial charge in [0.2, 0.25) is 0 Å². The number of piperidine rings is 1. The predicted octanol–water partition coefficient (Wildman–Crippen LogP) is 5.54. The van der Waals surface area contributed by atoms with Crippen LogP contribution >= 0.6 is 11.6 Å². The van der Waals surface area contributed by atoms with E-state index >= 15 is 0 Å². The quantitative estimate of drug-likeness (QED) is 0.448. The largest absolute Gasteiger partial charge is 0.457 e. The lowest BCUT2D eigenvalue weighted by Crippen LogP contribution is -2.35. The molecule has 0 saturated carbocycles. The standard InChI is InChI=1S/C28H24ClN3O4/c29-24-25(30-20-11-9-19(10-12-20)26(33)31-17-5-2-6-18-31)28(35)32(27(24)34)21-13-15-23(16-14-21)36-22-7-3-1-4-8-22/h1,3-4,7-16,30H,2,5-6,17-18H2. The van der Waals surface area contributed by atoms with Crippen molar-refractivity contribution in [2.24, 2.45) is 0 Å². The summed E-state index contributed by atoms with van der Waals surface area (Å²) >= 11 is 6.26. The van der Waals surface area contributed by atoms with Crippen molar-refractivity contribution in [1.82, 2.24) is 4.90 Å². The molecule has 5 rings (SSSR count). The number of hydrogen-bond donors (Lipinski definition) is 1. The highest BCUT2D eigenvalue weighted by molar-refractivity contribution is 6.53. The van der Waals surface area contributed by atoms with Crippen molar-refractivity contribution in [2.75, 3.05) is 23.3 Å². The third-order valence-corrected chi connectivity index (χ3v) is 6.50. The Kier molecular flexibility index (Phi) is 6.73. The molecule has 2 aliphatic heterocycles. The first-order valence-corrected chi connectivity index (χ1v) is 12.2. The molecule has 1 fully saturated rings. The van der Waals surface area contributed by atoms with E-state index in [0.29, 0.717) is 28.4 Å². The number of hydrogen-bond acceptors (Lipinski definition) is 5. The molecular formula is C28H24ClN3O4. The molecule has 36 heavy (non-hydrogen) atoms. The summed E-state index contributed by atoms with van der Waals surface area (Å²) in [6.07, 6.45) is 3.19. The van der Waals surface area contributed by atoms with Crippen LogP contribution in [0.4, 0.5) is 11.4 Å². The summed E-state index contributed by atoms with van der Waals surface area (Å²) in [5.74, 6) is 0.0727. The van der Waals surface area contributed by atoms with Gasteiger partial charge in [-0.3, -0.25) is 14.4 Å². The van der Waals surface area contributed by atoms with E-state index in [1.807, 2.05) is 35.2 Å². The summed E-state index contributed by atoms with van der Waals surface area (Å²) in [5.41, 5.74) is 1.49. The zero-order valence-electron chi connectivity index (χ0n) is 19.4. The van der Waals surface area contributed by atoms with E-state index in [0.717, 1.165) is 37.3 Å². The normalized spacial score (nSPS) is 15.9. The van der Waals surface area contributed by atoms with Gasteiger partial charge in [0, 0.05) is 24.3 Å². The van der Waals surface area contributed by atoms with E-state index in [4.69, 9.17) is 16.3 Å². The smallest absolute Gasteiger partial charge is 0.283 e. The summed E-state index contributed by atoms with van der Waals surface area (Å²) in [4.78, 5) is 41.5. The van der Waals surface area contributed by atoms with E-state index in [-0.39, 0.29) is 16.6 Å². The fourth-order valence-electron chi connectivity index (χ4n) is 4.25. The molecule has 1 N–H and O–H groups in total. The van der Waals surface area contributed by atoms with Gasteiger partial charge in [-0.05, 0) is 79.9 Å². The highest BCUT2D eigenvalue weighted by Gasteiger charge is 2.39. The molecule has 0 radical (unpaired) electrons. The van der Waals surface area contributed by atoms with Crippen molar-refractivity contribution in [3.63, 3.8) is 0 Å². The van der Waals surface area contributed by atoms with Crippen LogP contribution in [0.5, 0.6) is 11.5 Å². The number of halogens is 1. The van der Waals surface area contributed by atoms with Gasteiger partial charge in [0.05, 0.1) is 5.69 Å². The fourth-order valence-corrected chi connectivity index (χ4v) is 4.47. The number of carbonyl (C=O) groups is 3. The zero-order valence-corrected chi connectivity index (χ0v) is 20.2. The maximum atomic E-state index is 13.1. The van der Waals surface area contributed by atoms with Gasteiger partial charge < -0.3 is 15.0 Å². The highest BCUT2D eigenvalue weighted by Crippen LogP contribution is 2.32. The van der Waals surface area contributed by atoms with Crippen LogP contribution in [0, 0.1) is 0 Å². The van der Waals surface area contributed by atoms with Crippen molar-refractivity contribution >= 4 is 40.7 Å². The number of rotatable bonds is 6. The highest BCUT2D eigenvalue weighted by atomic mass is 35.5. The average molecular weight is 502 g/mol. The lowest BCUT2D eigenvalue weighted by molar-refractivity contribution is -0.120. The van der Waals surface area contributed by atoms with Gasteiger partial charge >= 0.3 is 0 Å². The van der Waals surface area contributed by atoms with Crippen molar-refractivity contribution in [1.29, 1.82) is 0 Å². The Morgan fingerprint density at radius 2 is 1.42 bits per heavy atom. The van der Waals surface area contributed by atoms with Gasteiger partial charge in [-0.2, -0.15) is 0 Å². The molecule has 2 aliphatic rings. The van der Waals surface area contributed by atoms with Gasteiger partial charge in [-0.25, -0.2) is 4.90 Å². The van der Waals surface area contributed by atoms with Gasteiger partial charge in [-0.1, -0.05) is 29.8 Å². The van der Waals surface area contributed by atoms with E-state index in [1.54, 1.807) is 48.5 Å². The van der Waals surface area contributed by atoms with E-state index in [1.165, 1.54) is 0 Å². The minimum Gasteiger partial charge on any atom is -0.457 e. The van der Waals surface area contributed by atoms with Crippen molar-refractivity contribution in [2.45, 2.75) is 19.3 Å². The van der Waals surface area contributed by atoms with Crippen LogP contribution in [-0.4, -0.2) is 35.7 Å². The molecule has 0 unspecified atom stereocenters. The number of nitrogens with zero attached hydrogens (tertiary/aromatic N) is 2. The number of amides is 3. The Bertz CT molecular complexity index is 1320. The topological polar surface area (TPSA) is 79.0 Å². The maximum Gasteiger partial charge on any atom is 0.283 e. The van der Waals surface area contributed by atoms with Crippen LogP contribution in [-0.2, 0) is 9.59 Å². The SMILES string of the molecule is O=C(c1ccc(NC2=C(Cl)C(=O)N(c3ccc(Oc4ccccc4)cc3)C2=O)cc1)N1CCCCC1. The second-order valence-corrected chi connectivity index (χ2v) is 8.98. The number of anilines is 2. The Morgan fingerprint density at radius 3 is 2.08 bits per heavy atom. The fraction of sp³-hybridized carbons (Fsp3) is 0.179. The Balaban J connectivity index is 1.27. The predicted molar refractivity (Wildman–Crippen MR) is 138 cm³/mol. The number of para-hydroxylation sites is 1. The molecule has 182 valence electrons. The first kappa shape index (κ1) is 23.6. The maximum absolute atomic E-state index is 13.1. The van der Waals surface area contributed by atoms with Gasteiger partial charge in [0.25, 0.3) is 17.7 Å². The molecule has 0 aliphatic carbocycles. The molecule has 0 aromatic heterocycles. The van der Waals surface area contributed by atoms with Crippen LogP contribution in [0.25, 0.3) is 0 Å². The van der Waals surface area contributed by atoms with Gasteiger partial charge in [-0.15, -0.1) is 0 Å². The number of ether oxygens (including phenoxy) is 1. The Morgan fingerprint density at radius 1 is 0.778 bits per heavy atom. The summed E-state index contributed by atoms with van der Waals surface area (Å²) in [6.45, 7) is 1.54. The number of carbonyl (C=O) groups excluding carboxylic acids is 3. The lowest BCUT2D eigenvalue weighted by atomic mass is 10.1. The van der Waals surface area contributed by atoms with E-state index in [2.05, 4.69) is 5.32 Å². The molecule has 3 aromatic carbocycles. The zero-order chi connectivity index (χ0) is 25.1. The molecule has 2 heterocycles. The Labute approximate surface area is 213 Å². The number of benzene rings is 3. The van der Waals surface area contributed by atoms with E-state index in [9.17, 15) is 14.4 Å². The van der Waals surface area contributed by atoms with Crippen LogP contribution in [0.1, 0.15) is 29.6 Å². The molecule has 0 spiro atoms. The molecule has 0 bridgehead atoms. The molecule has 8 heteroatoms. The van der Waals surface area contributed by atoms with Crippen molar-refractivity contribution in [3.05, 3.63) is 95.2 Å². The molecule has 7 nitrogen and oxygen atoms in total. The summed E-state index contributed by atoms with van der Waals surface area (Å²) < 4.78 is 5.77. The number of nitrogens with one attached hydrogen (secondary N) is 1. The van der Waals surface area contributed by atoms with Crippen molar-refractivity contribution in [3.8, 4) is 11.5 Å². The Hall–Kier alpha value is -4.10. The monoisotopic (exact) mass is 501 g/mol. The third-order valence-electron chi connectivity index (χ3n) is 6.15. The summed E-state index contributed by atoms with van der Waals surface area (Å²) in [5, 5.41) is 2.75. The van der Waals surface area contributed by atoms with Gasteiger partial charge in [0.15, 0.2) is 0 Å². The summed E-state index contributed by atoms with van der Waals surface area (Å²) in [6, 6.07) is 22.7. The minimum atomic E-state index is -0.613. The number of likely N-dealkylation sites (tertiary alicyclic amines) is 1. The first-order chi connectivity index (χ1) is 17.5. The molecule has 3 amide bonds. The van der Waals surface area contributed by atoms with Gasteiger partial charge in [0.1, 0.15) is 22.2 Å². The van der Waals surface area contributed by atoms with Crippen LogP contribution in [0.15, 0.2) is 89.6 Å². The third kappa shape index (κ3) is 4.83. The molecular weight excluding hydrogens is 478 g/mol. The lowest BCUT2D eigenvalue weighted by Gasteiger charge is -2.26.